The van der Waals surface area contributed by atoms with Gasteiger partial charge in [0.05, 0.1) is 18.1 Å². The Balaban J connectivity index is 1.80. The minimum absolute atomic E-state index is 0.262. The van der Waals surface area contributed by atoms with Crippen LogP contribution in [0.25, 0.3) is 22.2 Å². The van der Waals surface area contributed by atoms with Gasteiger partial charge in [-0.3, -0.25) is 0 Å². The maximum atomic E-state index is 13.0. The molecule has 0 saturated carbocycles. The van der Waals surface area contributed by atoms with Crippen molar-refractivity contribution < 1.29 is 14.3 Å². The van der Waals surface area contributed by atoms with Gasteiger partial charge in [0.1, 0.15) is 28.2 Å². The molecule has 0 spiro atoms. The number of anilines is 1. The number of aromatic nitrogens is 3. The summed E-state index contributed by atoms with van der Waals surface area (Å²) in [6.45, 7) is 6.02. The molecule has 7 heteroatoms. The third kappa shape index (κ3) is 4.17. The molecule has 2 aromatic heterocycles. The molecule has 0 atom stereocenters. The van der Waals surface area contributed by atoms with Crippen LogP contribution in [0.1, 0.15) is 36.7 Å². The predicted octanol–water partition coefficient (Wildman–Crippen LogP) is 4.37. The highest BCUT2D eigenvalue weighted by Crippen LogP contribution is 2.30. The van der Waals surface area contributed by atoms with E-state index < -0.39 is 11.6 Å². The lowest BCUT2D eigenvalue weighted by atomic mass is 10.1. The van der Waals surface area contributed by atoms with E-state index in [0.29, 0.717) is 35.5 Å². The van der Waals surface area contributed by atoms with E-state index in [1.54, 1.807) is 7.11 Å². The minimum Gasteiger partial charge on any atom is -0.497 e. The second-order valence-corrected chi connectivity index (χ2v) is 8.40. The normalized spacial score (nSPS) is 11.7. The van der Waals surface area contributed by atoms with Gasteiger partial charge in [-0.1, -0.05) is 24.3 Å². The van der Waals surface area contributed by atoms with E-state index in [2.05, 4.69) is 0 Å². The number of nitrogens with two attached hydrogens (primary N) is 1. The summed E-state index contributed by atoms with van der Waals surface area (Å²) < 4.78 is 12.7. The molecule has 0 saturated heterocycles. The maximum Gasteiger partial charge on any atom is 0.344 e. The first kappa shape index (κ1) is 20.7. The van der Waals surface area contributed by atoms with Crippen LogP contribution in [-0.2, 0) is 17.7 Å². The van der Waals surface area contributed by atoms with Gasteiger partial charge in [-0.05, 0) is 57.0 Å². The van der Waals surface area contributed by atoms with Crippen LogP contribution < -0.4 is 10.5 Å². The molecular weight excluding hydrogens is 392 g/mol. The van der Waals surface area contributed by atoms with Crippen molar-refractivity contribution in [3.05, 3.63) is 59.7 Å². The summed E-state index contributed by atoms with van der Waals surface area (Å²) in [5.41, 5.74) is 9.68. The number of benzene rings is 2. The Kier molecular flexibility index (Phi) is 5.27. The van der Waals surface area contributed by atoms with Crippen LogP contribution in [0.2, 0.25) is 0 Å². The van der Waals surface area contributed by atoms with E-state index in [4.69, 9.17) is 25.2 Å². The Labute approximate surface area is 180 Å². The Hall–Kier alpha value is -3.61. The van der Waals surface area contributed by atoms with Gasteiger partial charge < -0.3 is 19.8 Å². The quantitative estimate of drug-likeness (QED) is 0.484. The highest BCUT2D eigenvalue weighted by molar-refractivity contribution is 6.08. The highest BCUT2D eigenvalue weighted by Gasteiger charge is 2.28. The lowest BCUT2D eigenvalue weighted by molar-refractivity contribution is 0.00727. The largest absolute Gasteiger partial charge is 0.497 e. The molecule has 4 aromatic rings. The summed E-state index contributed by atoms with van der Waals surface area (Å²) >= 11 is 0. The Morgan fingerprint density at radius 3 is 2.29 bits per heavy atom. The molecule has 0 bridgehead atoms. The molecule has 160 valence electrons. The van der Waals surface area contributed by atoms with Crippen molar-refractivity contribution in [1.82, 2.24) is 14.5 Å². The zero-order chi connectivity index (χ0) is 22.2. The van der Waals surface area contributed by atoms with Gasteiger partial charge in [0.15, 0.2) is 5.65 Å². The van der Waals surface area contributed by atoms with Crippen molar-refractivity contribution in [3.63, 3.8) is 0 Å². The molecule has 0 aliphatic carbocycles. The number of para-hydroxylation sites is 2. The van der Waals surface area contributed by atoms with E-state index in [1.807, 2.05) is 73.9 Å². The number of carbonyl (C=O) groups is 1. The topological polar surface area (TPSA) is 92.3 Å². The minimum atomic E-state index is -0.648. The maximum absolute atomic E-state index is 13.0. The predicted molar refractivity (Wildman–Crippen MR) is 121 cm³/mol. The molecule has 0 aliphatic heterocycles. The second-order valence-electron chi connectivity index (χ2n) is 8.40. The Bertz CT molecular complexity index is 1250. The van der Waals surface area contributed by atoms with Gasteiger partial charge >= 0.3 is 5.97 Å². The first-order chi connectivity index (χ1) is 14.8. The van der Waals surface area contributed by atoms with Crippen molar-refractivity contribution in [2.45, 2.75) is 39.3 Å². The lowest BCUT2D eigenvalue weighted by Crippen LogP contribution is -2.24. The number of nitrogen functional groups attached to an aromatic ring is 1. The van der Waals surface area contributed by atoms with Crippen LogP contribution in [0.5, 0.6) is 5.75 Å². The molecule has 31 heavy (non-hydrogen) atoms. The van der Waals surface area contributed by atoms with E-state index in [1.165, 1.54) is 0 Å². The first-order valence-corrected chi connectivity index (χ1v) is 10.2. The Morgan fingerprint density at radius 1 is 1.03 bits per heavy atom. The van der Waals surface area contributed by atoms with Crippen LogP contribution >= 0.6 is 0 Å². The SMILES string of the molecule is COc1ccc(CCn2c(N)c(C(=O)OC(C)(C)C)c3nc4ccccc4nc32)cc1. The fourth-order valence-corrected chi connectivity index (χ4v) is 3.51. The first-order valence-electron chi connectivity index (χ1n) is 10.2. The molecule has 0 unspecified atom stereocenters. The number of rotatable bonds is 5. The van der Waals surface area contributed by atoms with Crippen LogP contribution in [0.4, 0.5) is 5.82 Å². The number of hydrogen-bond acceptors (Lipinski definition) is 6. The van der Waals surface area contributed by atoms with Crippen LogP contribution in [0.15, 0.2) is 48.5 Å². The van der Waals surface area contributed by atoms with Crippen LogP contribution in [-0.4, -0.2) is 33.2 Å². The van der Waals surface area contributed by atoms with Gasteiger partial charge in [-0.2, -0.15) is 0 Å². The van der Waals surface area contributed by atoms with Crippen LogP contribution in [0, 0.1) is 0 Å². The number of methoxy groups -OCH3 is 1. The third-order valence-electron chi connectivity index (χ3n) is 4.98. The molecule has 4 rings (SSSR count). The number of ether oxygens (including phenoxy) is 2. The number of esters is 1. The smallest absolute Gasteiger partial charge is 0.344 e. The summed E-state index contributed by atoms with van der Waals surface area (Å²) in [7, 11) is 1.64. The molecular formula is C24H26N4O3. The van der Waals surface area contributed by atoms with Crippen molar-refractivity contribution in [3.8, 4) is 5.75 Å². The molecule has 0 fully saturated rings. The van der Waals surface area contributed by atoms with Gasteiger partial charge in [0.2, 0.25) is 0 Å². The standard InChI is InChI=1S/C24H26N4O3/c1-24(2,3)31-23(29)19-20-22(27-18-8-6-5-7-17(18)26-20)28(21(19)25)14-13-15-9-11-16(30-4)12-10-15/h5-12H,13-14,25H2,1-4H3. The third-order valence-corrected chi connectivity index (χ3v) is 4.98. The van der Waals surface area contributed by atoms with Crippen molar-refractivity contribution >= 4 is 34.0 Å². The van der Waals surface area contributed by atoms with E-state index in [0.717, 1.165) is 16.8 Å². The van der Waals surface area contributed by atoms with E-state index in [9.17, 15) is 4.79 Å². The number of aryl methyl sites for hydroxylation is 2. The number of hydrogen-bond donors (Lipinski definition) is 1. The molecule has 7 nitrogen and oxygen atoms in total. The zero-order valence-corrected chi connectivity index (χ0v) is 18.2. The Morgan fingerprint density at radius 2 is 1.68 bits per heavy atom. The fourth-order valence-electron chi connectivity index (χ4n) is 3.51. The summed E-state index contributed by atoms with van der Waals surface area (Å²) in [5, 5.41) is 0. The van der Waals surface area contributed by atoms with Gasteiger partial charge in [0, 0.05) is 6.54 Å². The molecule has 2 aromatic carbocycles. The van der Waals surface area contributed by atoms with Crippen LogP contribution in [0.3, 0.4) is 0 Å². The van der Waals surface area contributed by atoms with Gasteiger partial charge in [0.25, 0.3) is 0 Å². The average Bonchev–Trinajstić information content (AvgIpc) is 3.00. The molecule has 0 radical (unpaired) electrons. The molecule has 2 heterocycles. The summed E-state index contributed by atoms with van der Waals surface area (Å²) in [6, 6.07) is 15.4. The molecule has 0 amide bonds. The van der Waals surface area contributed by atoms with Crippen molar-refractivity contribution in [2.24, 2.45) is 0 Å². The van der Waals surface area contributed by atoms with E-state index >= 15 is 0 Å². The van der Waals surface area contributed by atoms with Crippen molar-refractivity contribution in [2.75, 3.05) is 12.8 Å². The number of carbonyl (C=O) groups excluding carboxylic acids is 1. The summed E-state index contributed by atoms with van der Waals surface area (Å²) in [4.78, 5) is 22.5. The lowest BCUT2D eigenvalue weighted by Gasteiger charge is -2.19. The monoisotopic (exact) mass is 418 g/mol. The van der Waals surface area contributed by atoms with Crippen molar-refractivity contribution in [1.29, 1.82) is 0 Å². The zero-order valence-electron chi connectivity index (χ0n) is 18.2. The molecule has 2 N–H and O–H groups in total. The molecule has 0 aliphatic rings. The fraction of sp³-hybridized carbons (Fsp3) is 0.292. The van der Waals surface area contributed by atoms with E-state index in [-0.39, 0.29) is 5.56 Å². The number of nitrogens with zero attached hydrogens (tertiary/aromatic N) is 3. The summed E-state index contributed by atoms with van der Waals surface area (Å²) in [6.07, 6.45) is 0.709. The number of fused-ring (bicyclic) bond motifs is 2. The second kappa shape index (κ2) is 7.91. The van der Waals surface area contributed by atoms with Gasteiger partial charge in [-0.15, -0.1) is 0 Å². The average molecular weight is 418 g/mol. The summed E-state index contributed by atoms with van der Waals surface area (Å²) in [5.74, 6) is 0.620. The highest BCUT2D eigenvalue weighted by atomic mass is 16.6. The van der Waals surface area contributed by atoms with Gasteiger partial charge in [-0.25, -0.2) is 14.8 Å².